The highest BCUT2D eigenvalue weighted by Crippen LogP contribution is 2.51. The van der Waals surface area contributed by atoms with Gasteiger partial charge in [-0.25, -0.2) is 0 Å². The van der Waals surface area contributed by atoms with Crippen LogP contribution in [0.4, 0.5) is 0 Å². The summed E-state index contributed by atoms with van der Waals surface area (Å²) in [7, 11) is 0. The Bertz CT molecular complexity index is 2700. The second kappa shape index (κ2) is 10.7. The van der Waals surface area contributed by atoms with E-state index in [1.165, 1.54) is 50.1 Å². The van der Waals surface area contributed by atoms with E-state index >= 15 is 0 Å². The quantitative estimate of drug-likeness (QED) is 0.189. The predicted molar refractivity (Wildman–Crippen MR) is 208 cm³/mol. The zero-order valence-corrected chi connectivity index (χ0v) is 29.1. The van der Waals surface area contributed by atoms with Crippen molar-refractivity contribution in [3.8, 4) is 61.3 Å². The maximum absolute atomic E-state index is 5.20. The number of aromatic nitrogens is 4. The van der Waals surface area contributed by atoms with Crippen LogP contribution in [0.25, 0.3) is 72.4 Å². The van der Waals surface area contributed by atoms with Crippen molar-refractivity contribution >= 4 is 11.0 Å². The van der Waals surface area contributed by atoms with Gasteiger partial charge >= 0.3 is 0 Å². The highest BCUT2D eigenvalue weighted by Gasteiger charge is 2.36. The van der Waals surface area contributed by atoms with Gasteiger partial charge in [-0.1, -0.05) is 113 Å². The molecule has 51 heavy (non-hydrogen) atoms. The average Bonchev–Trinajstić information content (AvgIpc) is 3.78. The van der Waals surface area contributed by atoms with Crippen LogP contribution < -0.4 is 0 Å². The summed E-state index contributed by atoms with van der Waals surface area (Å²) in [4.78, 5) is 5.99. The maximum atomic E-state index is 5.20. The van der Waals surface area contributed by atoms with Crippen LogP contribution in [-0.4, -0.2) is 20.0 Å². The fourth-order valence-corrected chi connectivity index (χ4v) is 8.63. The van der Waals surface area contributed by atoms with Gasteiger partial charge in [-0.05, 0) is 121 Å². The summed E-state index contributed by atoms with van der Waals surface area (Å²) in [6.07, 6.45) is 3.65. The highest BCUT2D eigenvalue weighted by atomic mass is 15.5. The van der Waals surface area contributed by atoms with Gasteiger partial charge in [0.25, 0.3) is 0 Å². The third-order valence-electron chi connectivity index (χ3n) is 11.4. The molecule has 10 rings (SSSR count). The number of hydrogen-bond acceptors (Lipinski definition) is 3. The van der Waals surface area contributed by atoms with Gasteiger partial charge in [0.1, 0.15) is 11.0 Å². The first-order valence-electron chi connectivity index (χ1n) is 17.7. The smallest absolute Gasteiger partial charge is 0.121 e. The molecule has 2 heterocycles. The predicted octanol–water partition coefficient (Wildman–Crippen LogP) is 11.4. The molecule has 0 N–H and O–H groups in total. The molecule has 4 heteroatoms. The van der Waals surface area contributed by atoms with Gasteiger partial charge in [-0.3, -0.25) is 4.98 Å². The summed E-state index contributed by atoms with van der Waals surface area (Å²) < 4.78 is 0. The number of hydrogen-bond donors (Lipinski definition) is 0. The van der Waals surface area contributed by atoms with Crippen LogP contribution in [-0.2, 0) is 10.8 Å². The van der Waals surface area contributed by atoms with Gasteiger partial charge < -0.3 is 0 Å². The molecule has 0 unspecified atom stereocenters. The topological polar surface area (TPSA) is 43.6 Å². The number of pyridine rings is 1. The lowest BCUT2D eigenvalue weighted by atomic mass is 9.81. The monoisotopic (exact) mass is 656 g/mol. The van der Waals surface area contributed by atoms with Gasteiger partial charge in [0.05, 0.1) is 5.69 Å². The van der Waals surface area contributed by atoms with Gasteiger partial charge in [0.15, 0.2) is 0 Å². The summed E-state index contributed by atoms with van der Waals surface area (Å²) in [6, 6.07) is 48.5. The highest BCUT2D eigenvalue weighted by molar-refractivity contribution is 5.97. The van der Waals surface area contributed by atoms with Gasteiger partial charge in [0.2, 0.25) is 0 Å². The van der Waals surface area contributed by atoms with E-state index in [0.717, 1.165) is 44.5 Å². The summed E-state index contributed by atoms with van der Waals surface area (Å²) >= 11 is 0. The molecule has 0 saturated carbocycles. The fraction of sp³-hybridized carbons (Fsp3) is 0.128. The van der Waals surface area contributed by atoms with Crippen molar-refractivity contribution in [1.29, 1.82) is 0 Å². The number of nitrogens with zero attached hydrogens (tertiary/aromatic N) is 4. The molecule has 0 bridgehead atoms. The first kappa shape index (κ1) is 29.8. The van der Waals surface area contributed by atoms with Crippen molar-refractivity contribution in [3.63, 3.8) is 0 Å². The van der Waals surface area contributed by atoms with E-state index in [4.69, 9.17) is 10.2 Å². The minimum atomic E-state index is -0.107. The standard InChI is InChI=1S/C47H36N4/c1-46(2)40-14-7-5-12-35(40)37-18-16-31(26-42(37)46)33-25-39(32-17-19-38-36-13-6-8-15-41(36)47(3,4)43(38)27-32)45-44(28-33)49-51(50-45)34-11-9-10-30(24-34)29-20-22-48-23-21-29/h5-28H,1-4H3. The molecule has 4 nitrogen and oxygen atoms in total. The zero-order chi connectivity index (χ0) is 34.5. The van der Waals surface area contributed by atoms with Crippen molar-refractivity contribution in [2.75, 3.05) is 0 Å². The molecule has 2 aliphatic rings. The maximum Gasteiger partial charge on any atom is 0.121 e. The minimum absolute atomic E-state index is 0.0849. The van der Waals surface area contributed by atoms with Crippen molar-refractivity contribution < 1.29 is 0 Å². The minimum Gasteiger partial charge on any atom is -0.265 e. The van der Waals surface area contributed by atoms with Gasteiger partial charge in [-0.15, -0.1) is 10.2 Å². The molecule has 2 aromatic heterocycles. The second-order valence-electron chi connectivity index (χ2n) is 15.0. The molecular weight excluding hydrogens is 621 g/mol. The Morgan fingerprint density at radius 3 is 1.69 bits per heavy atom. The molecule has 0 aliphatic heterocycles. The SMILES string of the molecule is CC1(C)c2ccccc2-c2ccc(-c3cc(-c4ccc5c(c4)C(C)(C)c4ccccc4-5)c4nn(-c5cccc(-c6ccncc6)c5)nc4c3)cc21. The molecular formula is C47H36N4. The largest absolute Gasteiger partial charge is 0.265 e. The molecule has 0 radical (unpaired) electrons. The average molecular weight is 657 g/mol. The van der Waals surface area contributed by atoms with Crippen LogP contribution in [0.15, 0.2) is 146 Å². The first-order valence-corrected chi connectivity index (χ1v) is 17.7. The van der Waals surface area contributed by atoms with E-state index in [-0.39, 0.29) is 10.8 Å². The Morgan fingerprint density at radius 2 is 1.00 bits per heavy atom. The fourth-order valence-electron chi connectivity index (χ4n) is 8.63. The van der Waals surface area contributed by atoms with Gasteiger partial charge in [-0.2, -0.15) is 4.80 Å². The van der Waals surface area contributed by atoms with E-state index in [1.807, 2.05) is 24.5 Å². The molecule has 2 aliphatic carbocycles. The van der Waals surface area contributed by atoms with Crippen LogP contribution in [0.2, 0.25) is 0 Å². The lowest BCUT2D eigenvalue weighted by Gasteiger charge is -2.22. The summed E-state index contributed by atoms with van der Waals surface area (Å²) in [5.74, 6) is 0. The Kier molecular flexibility index (Phi) is 6.23. The van der Waals surface area contributed by atoms with Crippen LogP contribution in [0.5, 0.6) is 0 Å². The van der Waals surface area contributed by atoms with Crippen molar-refractivity contribution in [3.05, 3.63) is 168 Å². The molecule has 0 saturated heterocycles. The van der Waals surface area contributed by atoms with E-state index in [1.54, 1.807) is 4.80 Å². The third-order valence-corrected chi connectivity index (χ3v) is 11.4. The number of fused-ring (bicyclic) bond motifs is 7. The Balaban J connectivity index is 1.17. The normalized spacial score (nSPS) is 14.6. The lowest BCUT2D eigenvalue weighted by molar-refractivity contribution is 0.660. The zero-order valence-electron chi connectivity index (χ0n) is 29.1. The Morgan fingerprint density at radius 1 is 0.412 bits per heavy atom. The van der Waals surface area contributed by atoms with E-state index in [0.29, 0.717) is 0 Å². The first-order chi connectivity index (χ1) is 24.8. The van der Waals surface area contributed by atoms with Crippen molar-refractivity contribution in [2.45, 2.75) is 38.5 Å². The molecule has 6 aromatic carbocycles. The molecule has 0 spiro atoms. The summed E-state index contributed by atoms with van der Waals surface area (Å²) in [5.41, 5.74) is 20.0. The number of rotatable bonds is 4. The van der Waals surface area contributed by atoms with Crippen LogP contribution in [0.3, 0.4) is 0 Å². The number of benzene rings is 6. The van der Waals surface area contributed by atoms with Crippen LogP contribution in [0, 0.1) is 0 Å². The molecule has 244 valence electrons. The Labute approximate surface area is 298 Å². The summed E-state index contributed by atoms with van der Waals surface area (Å²) in [5, 5.41) is 10.3. The molecule has 8 aromatic rings. The lowest BCUT2D eigenvalue weighted by Crippen LogP contribution is -2.15. The van der Waals surface area contributed by atoms with Crippen molar-refractivity contribution in [1.82, 2.24) is 20.0 Å². The molecule has 0 amide bonds. The Hall–Kier alpha value is -6.13. The van der Waals surface area contributed by atoms with Gasteiger partial charge in [0, 0.05) is 28.8 Å². The van der Waals surface area contributed by atoms with E-state index in [2.05, 4.69) is 154 Å². The second-order valence-corrected chi connectivity index (χ2v) is 15.0. The molecule has 0 atom stereocenters. The van der Waals surface area contributed by atoms with E-state index < -0.39 is 0 Å². The third kappa shape index (κ3) is 4.42. The summed E-state index contributed by atoms with van der Waals surface area (Å²) in [6.45, 7) is 9.35. The van der Waals surface area contributed by atoms with Crippen molar-refractivity contribution in [2.24, 2.45) is 0 Å². The van der Waals surface area contributed by atoms with Crippen LogP contribution in [0.1, 0.15) is 49.9 Å². The van der Waals surface area contributed by atoms with Crippen LogP contribution >= 0.6 is 0 Å². The van der Waals surface area contributed by atoms with E-state index in [9.17, 15) is 0 Å². The molecule has 0 fully saturated rings.